The zero-order chi connectivity index (χ0) is 97.9. The summed E-state index contributed by atoms with van der Waals surface area (Å²) >= 11 is 0. The number of carbonyl (C=O) groups excluding carboxylic acids is 3. The van der Waals surface area contributed by atoms with Gasteiger partial charge >= 0.3 is 0 Å². The van der Waals surface area contributed by atoms with Crippen molar-refractivity contribution in [3.63, 3.8) is 0 Å². The number of H-pyrrole nitrogens is 1. The molecule has 0 radical (unpaired) electrons. The summed E-state index contributed by atoms with van der Waals surface area (Å²) in [5.74, 6) is -0.415. The molecule has 0 bridgehead atoms. The van der Waals surface area contributed by atoms with E-state index < -0.39 is 11.6 Å². The first-order valence-electron chi connectivity index (χ1n) is 48.6. The number of ketones is 3. The molecule has 10 aromatic carbocycles. The van der Waals surface area contributed by atoms with E-state index in [0.717, 1.165) is 145 Å². The maximum atomic E-state index is 14.3. The van der Waals surface area contributed by atoms with Crippen molar-refractivity contribution in [3.05, 3.63) is 497 Å². The summed E-state index contributed by atoms with van der Waals surface area (Å²) in [5, 5.41) is 27.7. The van der Waals surface area contributed by atoms with Crippen LogP contribution in [0.2, 0.25) is 0 Å². The molecule has 143 heavy (non-hydrogen) atoms. The normalized spacial score (nSPS) is 19.7. The number of benzene rings is 10. The van der Waals surface area contributed by atoms with Gasteiger partial charge in [-0.05, 0) is 222 Å². The molecule has 2 aliphatic carbocycles. The molecule has 21 nitrogen and oxygen atoms in total. The Balaban J connectivity index is 0.000000106. The molecule has 13 heterocycles. The summed E-state index contributed by atoms with van der Waals surface area (Å²) in [6.45, 7) is 10.3. The van der Waals surface area contributed by atoms with Gasteiger partial charge in [0.15, 0.2) is 17.3 Å². The quantitative estimate of drug-likeness (QED) is 0.0525. The Morgan fingerprint density at radius 3 is 1.45 bits per heavy atom. The number of nitrogens with zero attached hydrogens (tertiary/aromatic N) is 11. The molecular weight excluding hydrogens is 1780 g/mol. The van der Waals surface area contributed by atoms with Gasteiger partial charge in [-0.2, -0.15) is 10.2 Å². The average Bonchev–Trinajstić information content (AvgIpc) is 0.752. The van der Waals surface area contributed by atoms with Crippen LogP contribution in [0.15, 0.2) is 360 Å². The number of carbonyl (C=O) groups is 3. The van der Waals surface area contributed by atoms with Gasteiger partial charge in [0.25, 0.3) is 5.56 Å². The summed E-state index contributed by atoms with van der Waals surface area (Å²) in [6.07, 6.45) is 20.3. The zero-order valence-electron chi connectivity index (χ0n) is 79.8. The Kier molecular flexibility index (Phi) is 26.5. The van der Waals surface area contributed by atoms with Gasteiger partial charge in [0.2, 0.25) is 0 Å². The number of aromatic amines is 1. The summed E-state index contributed by atoms with van der Waals surface area (Å²) in [7, 11) is 6.04. The lowest BCUT2D eigenvalue weighted by Gasteiger charge is -2.38. The Hall–Kier alpha value is -16.5. The number of nitrogens with one attached hydrogen (secondary N) is 6. The first kappa shape index (κ1) is 92.8. The van der Waals surface area contributed by atoms with Crippen LogP contribution in [0.25, 0.3) is 16.5 Å². The molecule has 10 atom stereocenters. The van der Waals surface area contributed by atoms with Gasteiger partial charge in [0.1, 0.15) is 31.3 Å². The van der Waals surface area contributed by atoms with Crippen LogP contribution in [0.3, 0.4) is 0 Å². The smallest absolute Gasteiger partial charge is 0.272 e. The molecule has 0 saturated carbocycles. The number of hydrazone groups is 1. The minimum atomic E-state index is -0.421. The molecule has 708 valence electrons. The first-order valence-corrected chi connectivity index (χ1v) is 48.6. The van der Waals surface area contributed by atoms with Crippen molar-refractivity contribution in [1.29, 1.82) is 0 Å². The Morgan fingerprint density at radius 1 is 0.413 bits per heavy atom. The fraction of sp³-hybridized carbons (Fsp3) is 0.200. The lowest BCUT2D eigenvalue weighted by Crippen LogP contribution is -2.36. The van der Waals surface area contributed by atoms with Gasteiger partial charge in [-0.25, -0.2) is 13.9 Å². The highest BCUT2D eigenvalue weighted by atomic mass is 19.1. The molecule has 25 rings (SSSR count). The second-order valence-electron chi connectivity index (χ2n) is 37.9. The molecule has 0 spiro atoms. The van der Waals surface area contributed by atoms with Crippen LogP contribution in [-0.4, -0.2) is 121 Å². The van der Waals surface area contributed by atoms with Crippen LogP contribution in [0.4, 0.5) is 25.8 Å². The highest BCUT2D eigenvalue weighted by Gasteiger charge is 2.46. The second kappa shape index (κ2) is 40.7. The lowest BCUT2D eigenvalue weighted by molar-refractivity contribution is 0.0991. The summed E-state index contributed by atoms with van der Waals surface area (Å²) < 4.78 is 28.7. The van der Waals surface area contributed by atoms with Crippen molar-refractivity contribution in [2.75, 3.05) is 56.7 Å². The maximum Gasteiger partial charge on any atom is 0.272 e. The van der Waals surface area contributed by atoms with Crippen LogP contribution in [0, 0.1) is 18.6 Å². The molecule has 10 unspecified atom stereocenters. The number of rotatable bonds is 16. The van der Waals surface area contributed by atoms with Crippen LogP contribution >= 0.6 is 0 Å². The molecule has 6 N–H and O–H groups in total. The molecule has 9 aliphatic rings. The third-order valence-electron chi connectivity index (χ3n) is 28.5. The van der Waals surface area contributed by atoms with E-state index in [4.69, 9.17) is 20.1 Å². The number of hydrogen-bond acceptors (Lipinski definition) is 20. The highest BCUT2D eigenvalue weighted by molar-refractivity contribution is 6.24. The van der Waals surface area contributed by atoms with E-state index in [-0.39, 0.29) is 96.2 Å². The number of aliphatic imine (C=N–C) groups is 3. The number of Topliss-reactive ketones (excluding diaryl/α,β-unsaturated/α-hetero) is 3. The minimum Gasteiger partial charge on any atom is -0.377 e. The van der Waals surface area contributed by atoms with E-state index in [9.17, 15) is 28.0 Å². The molecule has 23 heteroatoms. The Labute approximate surface area is 828 Å². The number of anilines is 3. The third-order valence-corrected chi connectivity index (χ3v) is 28.5. The van der Waals surface area contributed by atoms with Crippen LogP contribution in [0.5, 0.6) is 0 Å². The fourth-order valence-corrected chi connectivity index (χ4v) is 22.4. The zero-order valence-corrected chi connectivity index (χ0v) is 79.8. The van der Waals surface area contributed by atoms with Crippen molar-refractivity contribution < 1.29 is 23.2 Å². The molecule has 6 aromatic heterocycles. The number of hydrogen-bond donors (Lipinski definition) is 6. The Morgan fingerprint density at radius 2 is 0.895 bits per heavy atom. The topological polar surface area (TPSA) is 274 Å². The Bertz CT molecular complexity index is 7740. The van der Waals surface area contributed by atoms with Crippen molar-refractivity contribution in [1.82, 2.24) is 50.8 Å². The van der Waals surface area contributed by atoms with Gasteiger partial charge in [-0.15, -0.1) is 0 Å². The van der Waals surface area contributed by atoms with Crippen molar-refractivity contribution in [2.24, 2.45) is 20.1 Å². The van der Waals surface area contributed by atoms with Gasteiger partial charge < -0.3 is 26.2 Å². The number of halogens is 2. The number of aromatic nitrogens is 7. The minimum absolute atomic E-state index is 0.0183. The number of aryl methyl sites for hydroxylation is 2. The average molecular weight is 1890 g/mol. The summed E-state index contributed by atoms with van der Waals surface area (Å²) in [6, 6.07) is 90.9. The molecule has 7 aliphatic heterocycles. The van der Waals surface area contributed by atoms with Crippen molar-refractivity contribution in [2.45, 2.75) is 112 Å². The number of pyridine rings is 5. The van der Waals surface area contributed by atoms with E-state index in [2.05, 4.69) is 256 Å². The maximum absolute atomic E-state index is 14.3. The van der Waals surface area contributed by atoms with E-state index in [1.165, 1.54) is 91.0 Å². The van der Waals surface area contributed by atoms with Crippen molar-refractivity contribution in [3.8, 4) is 0 Å². The van der Waals surface area contributed by atoms with E-state index in [1.54, 1.807) is 24.8 Å². The SMILES string of the molecule is C=C1NN=C2c3c(cccc31)CC(c1ccncc1)C2c1ccccc1.CCCc1cccc(C2C3=NCC(=O)c4cc(F)cc(c43)NC2c2ccncc2)c1.CN(C)Cc1cccc(C2C3=NCC(=O)c4cc(F)cc(c43)NC2c2ccncc2)c1.CNCc1ccc(C2C3=NCC(=O)c4cccc(c43)NC2c2ccccn2)cc1.Cc1cc2c3c(n[nH]c(=O)c3c1)C(c1ccccc1)C(c1ccncc1)C2. The second-order valence-corrected chi connectivity index (χ2v) is 37.9. The molecular formula is C120H105F2N17O4. The molecule has 0 saturated heterocycles. The predicted octanol–water partition coefficient (Wildman–Crippen LogP) is 21.6. The monoisotopic (exact) mass is 1890 g/mol. The van der Waals surface area contributed by atoms with Crippen LogP contribution in [-0.2, 0) is 32.4 Å². The van der Waals surface area contributed by atoms with Crippen LogP contribution in [0.1, 0.15) is 227 Å². The van der Waals surface area contributed by atoms with E-state index >= 15 is 0 Å². The summed E-state index contributed by atoms with van der Waals surface area (Å²) in [5.41, 5.74) is 36.2. The third kappa shape index (κ3) is 18.6. The predicted molar refractivity (Wildman–Crippen MR) is 561 cm³/mol. The summed E-state index contributed by atoms with van der Waals surface area (Å²) in [4.78, 5) is 87.6. The van der Waals surface area contributed by atoms with E-state index in [1.807, 2.05) is 132 Å². The van der Waals surface area contributed by atoms with Gasteiger partial charge in [0, 0.05) is 159 Å². The molecule has 0 amide bonds. The molecule has 16 aromatic rings. The van der Waals surface area contributed by atoms with Crippen molar-refractivity contribution >= 4 is 73.7 Å². The van der Waals surface area contributed by atoms with Gasteiger partial charge in [-0.3, -0.25) is 64.5 Å². The first-order chi connectivity index (χ1) is 70.0. The van der Waals surface area contributed by atoms with E-state index in [0.29, 0.717) is 28.4 Å². The largest absolute Gasteiger partial charge is 0.377 e. The fourth-order valence-electron chi connectivity index (χ4n) is 22.4. The van der Waals surface area contributed by atoms with Gasteiger partial charge in [-0.1, -0.05) is 201 Å². The standard InChI is InChI=1S/C25H23FN4O.C25H22FN3O.C24H22N4O.C23H19N3O.C23H19N3/c1-30(2)14-15-4-3-5-17(10-15)22-24(16-6-8-27-9-7-16)29-20-12-18(26)11-19-21(31)13-28-25(22)23(19)20;1-2-4-15-5-3-6-17(11-15)22-24(16-7-9-27-10-8-16)29-20-13-18(26)12-19-21(30)14-28-25(22)23(19)20;1-25-13-15-8-10-16(11-9-15)21-23(19-6-2-3-12-26-19)28-18-7-4-5-17-20(29)14-27-24(21)22(17)18;1-14-11-17-13-18(15-7-9-24-10-8-15)20(16-5-3-2-4-6-16)22-21(17)19(12-14)23(27)26-25-22;1-15-19-9-5-8-18-14-20(16-10-12-24-13-11-16)21(17-6-3-2-4-7-17)23(22(18)19)26-25-15/h3-12,22,24,29H,13-14H2,1-2H3;3,5-13,22,24,29H,2,4,14H2,1H3;2-12,21,23,25,28H,13-14H2,1H3;2-12,18,20H,13H2,1H3,(H,26,27);2-13,20-21,25H,1,14H2. The lowest BCUT2D eigenvalue weighted by atomic mass is 9.67. The van der Waals surface area contributed by atoms with Crippen LogP contribution < -0.4 is 32.3 Å². The van der Waals surface area contributed by atoms with Gasteiger partial charge in [0.05, 0.1) is 81.2 Å². The molecule has 0 fully saturated rings. The highest BCUT2D eigenvalue weighted by Crippen LogP contribution is 2.53.